The van der Waals surface area contributed by atoms with Crippen LogP contribution in [0.25, 0.3) is 0 Å². The first-order valence-corrected chi connectivity index (χ1v) is 5.76. The summed E-state index contributed by atoms with van der Waals surface area (Å²) in [4.78, 5) is 1.02. The third-order valence-electron chi connectivity index (χ3n) is 2.45. The Kier molecular flexibility index (Phi) is 3.58. The highest BCUT2D eigenvalue weighted by Crippen LogP contribution is 2.21. The summed E-state index contributed by atoms with van der Waals surface area (Å²) < 4.78 is 17.3. The molecule has 1 atom stereocenters. The van der Waals surface area contributed by atoms with Crippen LogP contribution in [0.3, 0.4) is 0 Å². The first kappa shape index (κ1) is 11.2. The molecule has 1 aromatic carbocycles. The van der Waals surface area contributed by atoms with Crippen molar-refractivity contribution in [2.75, 3.05) is 7.05 Å². The minimum absolute atomic E-state index is 0.0666. The van der Waals surface area contributed by atoms with E-state index in [4.69, 9.17) is 0 Å². The van der Waals surface area contributed by atoms with E-state index >= 15 is 0 Å². The fourth-order valence-electron chi connectivity index (χ4n) is 1.56. The lowest BCUT2D eigenvalue weighted by molar-refractivity contribution is 0.559. The van der Waals surface area contributed by atoms with E-state index < -0.39 is 0 Å². The number of rotatable bonds is 4. The number of benzene rings is 1. The molecule has 1 aromatic heterocycles. The van der Waals surface area contributed by atoms with Crippen molar-refractivity contribution in [2.45, 2.75) is 12.5 Å². The minimum atomic E-state index is -0.166. The van der Waals surface area contributed by atoms with Crippen molar-refractivity contribution >= 4 is 11.5 Å². The topological polar surface area (TPSA) is 37.8 Å². The highest BCUT2D eigenvalue weighted by atomic mass is 32.1. The summed E-state index contributed by atoms with van der Waals surface area (Å²) in [5.74, 6) is -0.166. The predicted molar refractivity (Wildman–Crippen MR) is 61.8 cm³/mol. The van der Waals surface area contributed by atoms with Crippen LogP contribution in [0.4, 0.5) is 4.39 Å². The largest absolute Gasteiger partial charge is 0.312 e. The van der Waals surface area contributed by atoms with E-state index in [1.807, 2.05) is 13.1 Å². The molecule has 1 N–H and O–H groups in total. The van der Waals surface area contributed by atoms with Gasteiger partial charge in [-0.3, -0.25) is 0 Å². The summed E-state index contributed by atoms with van der Waals surface area (Å²) in [5.41, 5.74) is 0.704. The number of aromatic nitrogens is 2. The lowest BCUT2D eigenvalue weighted by Crippen LogP contribution is -2.18. The van der Waals surface area contributed by atoms with Crippen molar-refractivity contribution in [2.24, 2.45) is 0 Å². The molecule has 5 heteroatoms. The monoisotopic (exact) mass is 237 g/mol. The third-order valence-corrected chi connectivity index (χ3v) is 3.23. The zero-order chi connectivity index (χ0) is 11.4. The van der Waals surface area contributed by atoms with Crippen LogP contribution in [0.5, 0.6) is 0 Å². The number of nitrogens with one attached hydrogen (secondary N) is 1. The van der Waals surface area contributed by atoms with Crippen molar-refractivity contribution in [3.63, 3.8) is 0 Å². The van der Waals surface area contributed by atoms with E-state index in [0.717, 1.165) is 4.88 Å². The molecule has 1 unspecified atom stereocenters. The second-order valence-corrected chi connectivity index (χ2v) is 4.27. The molecular formula is C11H12FN3S. The first-order chi connectivity index (χ1) is 7.81. The zero-order valence-electron chi connectivity index (χ0n) is 8.85. The van der Waals surface area contributed by atoms with E-state index in [1.165, 1.54) is 17.6 Å². The molecular weight excluding hydrogens is 225 g/mol. The summed E-state index contributed by atoms with van der Waals surface area (Å²) >= 11 is 1.33. The Hall–Kier alpha value is -1.33. The summed E-state index contributed by atoms with van der Waals surface area (Å²) in [6, 6.07) is 6.88. The van der Waals surface area contributed by atoms with E-state index in [2.05, 4.69) is 14.9 Å². The van der Waals surface area contributed by atoms with Gasteiger partial charge in [0.2, 0.25) is 0 Å². The molecule has 0 radical (unpaired) electrons. The van der Waals surface area contributed by atoms with Gasteiger partial charge in [0.05, 0.1) is 11.1 Å². The molecule has 3 nitrogen and oxygen atoms in total. The molecule has 0 spiro atoms. The molecule has 16 heavy (non-hydrogen) atoms. The van der Waals surface area contributed by atoms with Crippen LogP contribution in [-0.2, 0) is 6.42 Å². The Morgan fingerprint density at radius 1 is 1.44 bits per heavy atom. The molecule has 1 heterocycles. The summed E-state index contributed by atoms with van der Waals surface area (Å²) in [5, 5.41) is 6.93. The van der Waals surface area contributed by atoms with E-state index in [1.54, 1.807) is 18.3 Å². The van der Waals surface area contributed by atoms with Gasteiger partial charge in [-0.25, -0.2) is 4.39 Å². The van der Waals surface area contributed by atoms with Gasteiger partial charge in [-0.2, -0.15) is 0 Å². The second-order valence-electron chi connectivity index (χ2n) is 3.46. The fraction of sp³-hybridized carbons (Fsp3) is 0.273. The quantitative estimate of drug-likeness (QED) is 0.885. The molecule has 0 aliphatic carbocycles. The van der Waals surface area contributed by atoms with E-state index in [0.29, 0.717) is 12.0 Å². The van der Waals surface area contributed by atoms with Crippen LogP contribution in [0.1, 0.15) is 16.5 Å². The van der Waals surface area contributed by atoms with Gasteiger partial charge in [-0.1, -0.05) is 22.7 Å². The summed E-state index contributed by atoms with van der Waals surface area (Å²) in [6.45, 7) is 0. The lowest BCUT2D eigenvalue weighted by atomic mass is 10.0. The molecule has 0 fully saturated rings. The Bertz CT molecular complexity index is 444. The molecule has 0 bridgehead atoms. The Balaban J connectivity index is 2.17. The fourth-order valence-corrected chi connectivity index (χ4v) is 2.17. The van der Waals surface area contributed by atoms with Gasteiger partial charge in [0.15, 0.2) is 0 Å². The average molecular weight is 237 g/mol. The van der Waals surface area contributed by atoms with Gasteiger partial charge in [-0.05, 0) is 36.6 Å². The maximum atomic E-state index is 13.5. The average Bonchev–Trinajstić information content (AvgIpc) is 2.81. The third kappa shape index (κ3) is 2.43. The normalized spacial score (nSPS) is 12.6. The number of nitrogens with zero attached hydrogens (tertiary/aromatic N) is 2. The molecule has 0 aliphatic rings. The molecule has 84 valence electrons. The lowest BCUT2D eigenvalue weighted by Gasteiger charge is -2.13. The first-order valence-electron chi connectivity index (χ1n) is 4.99. The van der Waals surface area contributed by atoms with Crippen LogP contribution in [0.15, 0.2) is 30.5 Å². The highest BCUT2D eigenvalue weighted by Gasteiger charge is 2.14. The van der Waals surface area contributed by atoms with Crippen molar-refractivity contribution in [3.8, 4) is 0 Å². The molecule has 0 saturated heterocycles. The van der Waals surface area contributed by atoms with E-state index in [9.17, 15) is 4.39 Å². The molecule has 0 aliphatic heterocycles. The predicted octanol–water partition coefficient (Wildman–Crippen LogP) is 2.18. The van der Waals surface area contributed by atoms with Gasteiger partial charge in [0, 0.05) is 6.04 Å². The van der Waals surface area contributed by atoms with E-state index in [-0.39, 0.29) is 11.9 Å². The molecule has 0 saturated carbocycles. The van der Waals surface area contributed by atoms with Crippen molar-refractivity contribution in [1.82, 2.24) is 14.9 Å². The summed E-state index contributed by atoms with van der Waals surface area (Å²) in [7, 11) is 1.85. The Morgan fingerprint density at radius 2 is 2.25 bits per heavy atom. The van der Waals surface area contributed by atoms with Crippen LogP contribution in [0.2, 0.25) is 0 Å². The minimum Gasteiger partial charge on any atom is -0.312 e. The number of halogens is 1. The van der Waals surface area contributed by atoms with Gasteiger partial charge in [0.1, 0.15) is 5.82 Å². The SMILES string of the molecule is CNC(Cc1ccccc1F)c1cnns1. The van der Waals surface area contributed by atoms with Crippen LogP contribution in [-0.4, -0.2) is 16.6 Å². The van der Waals surface area contributed by atoms with Crippen LogP contribution in [0, 0.1) is 5.82 Å². The summed E-state index contributed by atoms with van der Waals surface area (Å²) in [6.07, 6.45) is 2.32. The van der Waals surface area contributed by atoms with Crippen molar-refractivity contribution in [3.05, 3.63) is 46.7 Å². The maximum absolute atomic E-state index is 13.5. The van der Waals surface area contributed by atoms with Gasteiger partial charge in [0.25, 0.3) is 0 Å². The smallest absolute Gasteiger partial charge is 0.126 e. The Morgan fingerprint density at radius 3 is 2.88 bits per heavy atom. The molecule has 2 rings (SSSR count). The number of hydrogen-bond acceptors (Lipinski definition) is 4. The highest BCUT2D eigenvalue weighted by molar-refractivity contribution is 7.05. The number of hydrogen-bond donors (Lipinski definition) is 1. The van der Waals surface area contributed by atoms with Gasteiger partial charge < -0.3 is 5.32 Å². The van der Waals surface area contributed by atoms with Gasteiger partial charge >= 0.3 is 0 Å². The van der Waals surface area contributed by atoms with Crippen LogP contribution < -0.4 is 5.32 Å². The van der Waals surface area contributed by atoms with Crippen molar-refractivity contribution < 1.29 is 4.39 Å². The van der Waals surface area contributed by atoms with Crippen molar-refractivity contribution in [1.29, 1.82) is 0 Å². The zero-order valence-corrected chi connectivity index (χ0v) is 9.67. The van der Waals surface area contributed by atoms with Crippen LogP contribution >= 0.6 is 11.5 Å². The maximum Gasteiger partial charge on any atom is 0.126 e. The second kappa shape index (κ2) is 5.14. The Labute approximate surface area is 97.5 Å². The van der Waals surface area contributed by atoms with Gasteiger partial charge in [-0.15, -0.1) is 5.10 Å². The molecule has 0 amide bonds. The standard InChI is InChI=1S/C11H12FN3S/c1-13-10(11-7-14-15-16-11)6-8-4-2-3-5-9(8)12/h2-5,7,10,13H,6H2,1H3. The molecule has 2 aromatic rings. The number of likely N-dealkylation sites (N-methyl/N-ethyl adjacent to an activating group) is 1.